The molecule has 2 heterocycles. The zero-order chi connectivity index (χ0) is 24.5. The van der Waals surface area contributed by atoms with Crippen molar-refractivity contribution in [2.75, 3.05) is 32.7 Å². The van der Waals surface area contributed by atoms with Crippen LogP contribution in [-0.2, 0) is 0 Å². The fourth-order valence-electron chi connectivity index (χ4n) is 4.76. The van der Waals surface area contributed by atoms with Crippen molar-refractivity contribution in [3.8, 4) is 0 Å². The maximum atomic E-state index is 3.48. The molecule has 4 heteroatoms. The van der Waals surface area contributed by atoms with Gasteiger partial charge in [0.25, 0.3) is 0 Å². The van der Waals surface area contributed by atoms with Crippen molar-refractivity contribution in [1.29, 1.82) is 0 Å². The second-order valence-electron chi connectivity index (χ2n) is 8.85. The highest BCUT2D eigenvalue weighted by Crippen LogP contribution is 2.43. The third kappa shape index (κ3) is 3.99. The van der Waals surface area contributed by atoms with E-state index < -0.39 is 0 Å². The number of fused-ring (bicyclic) bond motifs is 2. The van der Waals surface area contributed by atoms with Crippen LogP contribution in [0.3, 0.4) is 0 Å². The Morgan fingerprint density at radius 1 is 0.500 bits per heavy atom. The molecule has 4 radical (unpaired) electrons. The lowest BCUT2D eigenvalue weighted by molar-refractivity contribution is 0.957. The molecule has 2 aliphatic rings. The molecular formula is C32H28N4. The van der Waals surface area contributed by atoms with Crippen molar-refractivity contribution in [3.63, 3.8) is 0 Å². The predicted molar refractivity (Wildman–Crippen MR) is 151 cm³/mol. The fraction of sp³-hybridized carbons (Fsp3) is 0.125. The molecule has 0 fully saturated rings. The number of hydrogen-bond donors (Lipinski definition) is 0. The van der Waals surface area contributed by atoms with Gasteiger partial charge in [0.15, 0.2) is 0 Å². The predicted octanol–water partition coefficient (Wildman–Crippen LogP) is 7.81. The van der Waals surface area contributed by atoms with Crippen LogP contribution >= 0.6 is 0 Å². The van der Waals surface area contributed by atoms with Gasteiger partial charge in [-0.2, -0.15) is 0 Å². The molecule has 4 aromatic carbocycles. The third-order valence-corrected chi connectivity index (χ3v) is 6.67. The van der Waals surface area contributed by atoms with E-state index >= 15 is 0 Å². The molecule has 0 aromatic heterocycles. The summed E-state index contributed by atoms with van der Waals surface area (Å²) in [6.45, 7) is 13.0. The van der Waals surface area contributed by atoms with Crippen LogP contribution in [0.5, 0.6) is 0 Å². The van der Waals surface area contributed by atoms with Crippen LogP contribution < -0.4 is 19.6 Å². The maximum Gasteiger partial charge on any atom is 0.213 e. The summed E-state index contributed by atoms with van der Waals surface area (Å²) < 4.78 is 0. The van der Waals surface area contributed by atoms with E-state index in [0.717, 1.165) is 35.6 Å². The fourth-order valence-corrected chi connectivity index (χ4v) is 4.76. The molecular weight excluding hydrogens is 440 g/mol. The molecule has 6 rings (SSSR count). The molecule has 0 aliphatic carbocycles. The Morgan fingerprint density at radius 3 is 1.22 bits per heavy atom. The molecule has 0 saturated carbocycles. The summed E-state index contributed by atoms with van der Waals surface area (Å²) in [7, 11) is 0. The molecule has 0 N–H and O–H groups in total. The normalized spacial score (nSPS) is 14.6. The zero-order valence-electron chi connectivity index (χ0n) is 20.6. The molecule has 176 valence electrons. The summed E-state index contributed by atoms with van der Waals surface area (Å²) in [6, 6.07) is 34.1. The Kier molecular flexibility index (Phi) is 5.86. The first-order valence-electron chi connectivity index (χ1n) is 12.5. The first-order chi connectivity index (χ1) is 17.7. The summed E-state index contributed by atoms with van der Waals surface area (Å²) in [4.78, 5) is 8.58. The van der Waals surface area contributed by atoms with Gasteiger partial charge in [-0.05, 0) is 73.5 Å². The minimum Gasteiger partial charge on any atom is -0.340 e. The van der Waals surface area contributed by atoms with Gasteiger partial charge < -0.3 is 19.6 Å². The molecule has 0 amide bonds. The van der Waals surface area contributed by atoms with E-state index in [2.05, 4.69) is 156 Å². The lowest BCUT2D eigenvalue weighted by Gasteiger charge is -2.18. The summed E-state index contributed by atoms with van der Waals surface area (Å²) in [6.07, 6.45) is 4.31. The number of anilines is 6. The van der Waals surface area contributed by atoms with Gasteiger partial charge in [0.1, 0.15) is 0 Å². The van der Waals surface area contributed by atoms with E-state index in [1.165, 1.54) is 22.7 Å². The average molecular weight is 469 g/mol. The van der Waals surface area contributed by atoms with Crippen LogP contribution in [0.2, 0.25) is 0 Å². The van der Waals surface area contributed by atoms with Crippen molar-refractivity contribution in [2.24, 2.45) is 0 Å². The van der Waals surface area contributed by atoms with Crippen LogP contribution in [0.25, 0.3) is 12.2 Å². The molecule has 4 aromatic rings. The number of benzene rings is 4. The van der Waals surface area contributed by atoms with Gasteiger partial charge in [-0.25, -0.2) is 0 Å². The van der Waals surface area contributed by atoms with E-state index in [9.17, 15) is 0 Å². The smallest absolute Gasteiger partial charge is 0.213 e. The van der Waals surface area contributed by atoms with Crippen molar-refractivity contribution in [1.82, 2.24) is 0 Å². The van der Waals surface area contributed by atoms with Crippen LogP contribution in [-0.4, -0.2) is 13.1 Å². The summed E-state index contributed by atoms with van der Waals surface area (Å²) in [5.41, 5.74) is 9.27. The minimum absolute atomic E-state index is 0.893. The summed E-state index contributed by atoms with van der Waals surface area (Å²) >= 11 is 0. The highest BCUT2D eigenvalue weighted by molar-refractivity contribution is 5.86. The van der Waals surface area contributed by atoms with Gasteiger partial charge in [0.05, 0.1) is 22.7 Å². The molecule has 36 heavy (non-hydrogen) atoms. The second-order valence-corrected chi connectivity index (χ2v) is 8.85. The molecule has 0 spiro atoms. The Morgan fingerprint density at radius 2 is 0.861 bits per heavy atom. The van der Waals surface area contributed by atoms with E-state index in [4.69, 9.17) is 0 Å². The van der Waals surface area contributed by atoms with Crippen LogP contribution in [0.4, 0.5) is 34.1 Å². The largest absolute Gasteiger partial charge is 0.340 e. The molecule has 4 nitrogen and oxygen atoms in total. The summed E-state index contributed by atoms with van der Waals surface area (Å²) in [5, 5.41) is 0. The van der Waals surface area contributed by atoms with Gasteiger partial charge in [-0.1, -0.05) is 60.7 Å². The number of rotatable bonds is 6. The molecule has 0 bridgehead atoms. The standard InChI is InChI=1S/C32H28N4/c1-3-33-23-35(31-11-7-5-9-29(31)33)27-19-15-25(16-20-27)13-14-26-17-21-28(22-18-26)36-24-34(4-2)30-10-6-8-12-32(30)36/h5-22H,3-4H2,1-2H3/b14-13+. The average Bonchev–Trinajstić information content (AvgIpc) is 3.51. The van der Waals surface area contributed by atoms with Gasteiger partial charge >= 0.3 is 0 Å². The minimum atomic E-state index is 0.893. The van der Waals surface area contributed by atoms with E-state index in [0.29, 0.717) is 0 Å². The second kappa shape index (κ2) is 9.46. The van der Waals surface area contributed by atoms with Gasteiger partial charge in [0, 0.05) is 24.5 Å². The monoisotopic (exact) mass is 468 g/mol. The van der Waals surface area contributed by atoms with Crippen molar-refractivity contribution >= 4 is 46.3 Å². The first kappa shape index (κ1) is 22.3. The van der Waals surface area contributed by atoms with Crippen LogP contribution in [0.1, 0.15) is 25.0 Å². The zero-order valence-corrected chi connectivity index (χ0v) is 20.6. The van der Waals surface area contributed by atoms with Crippen molar-refractivity contribution in [2.45, 2.75) is 13.8 Å². The Labute approximate surface area is 214 Å². The summed E-state index contributed by atoms with van der Waals surface area (Å²) in [5.74, 6) is 0. The first-order valence-corrected chi connectivity index (χ1v) is 12.5. The maximum absolute atomic E-state index is 3.48. The Hall–Kier alpha value is -4.18. The number of nitrogens with zero attached hydrogens (tertiary/aromatic N) is 4. The Bertz CT molecular complexity index is 1270. The van der Waals surface area contributed by atoms with Gasteiger partial charge in [-0.3, -0.25) is 0 Å². The molecule has 0 unspecified atom stereocenters. The van der Waals surface area contributed by atoms with Crippen molar-refractivity contribution in [3.05, 3.63) is 122 Å². The van der Waals surface area contributed by atoms with Crippen LogP contribution in [0.15, 0.2) is 97.1 Å². The molecule has 0 atom stereocenters. The van der Waals surface area contributed by atoms with E-state index in [1.54, 1.807) is 0 Å². The highest BCUT2D eigenvalue weighted by Gasteiger charge is 2.28. The lowest BCUT2D eigenvalue weighted by atomic mass is 10.1. The van der Waals surface area contributed by atoms with Gasteiger partial charge in [-0.15, -0.1) is 0 Å². The van der Waals surface area contributed by atoms with E-state index in [1.807, 2.05) is 0 Å². The highest BCUT2D eigenvalue weighted by atomic mass is 15.4. The van der Waals surface area contributed by atoms with Crippen molar-refractivity contribution < 1.29 is 0 Å². The number of hydrogen-bond acceptors (Lipinski definition) is 4. The van der Waals surface area contributed by atoms with Crippen LogP contribution in [0, 0.1) is 13.3 Å². The van der Waals surface area contributed by atoms with E-state index in [-0.39, 0.29) is 0 Å². The lowest BCUT2D eigenvalue weighted by Crippen LogP contribution is -2.21. The number of para-hydroxylation sites is 4. The topological polar surface area (TPSA) is 13.0 Å². The quantitative estimate of drug-likeness (QED) is 0.268. The molecule has 0 saturated heterocycles. The Balaban J connectivity index is 1.16. The van der Waals surface area contributed by atoms with Gasteiger partial charge in [0.2, 0.25) is 13.3 Å². The molecule has 2 aliphatic heterocycles. The SMILES string of the molecule is CCN1[C]N(c2ccc(/C=C/c3ccc(N4[C]N(CC)c5ccccc54)cc3)cc2)c2ccccc21. The third-order valence-electron chi connectivity index (χ3n) is 6.67.